The van der Waals surface area contributed by atoms with E-state index in [1.54, 1.807) is 24.3 Å². The Morgan fingerprint density at radius 3 is 2.45 bits per heavy atom. The number of nitro benzene ring substituents is 1. The van der Waals surface area contributed by atoms with Crippen molar-refractivity contribution >= 4 is 17.4 Å². The van der Waals surface area contributed by atoms with Crippen molar-refractivity contribution in [3.05, 3.63) is 100 Å². The summed E-state index contributed by atoms with van der Waals surface area (Å²) in [7, 11) is 0. The second kappa shape index (κ2) is 8.24. The fourth-order valence-electron chi connectivity index (χ4n) is 2.87. The molecule has 0 aliphatic rings. The van der Waals surface area contributed by atoms with Crippen molar-refractivity contribution < 1.29 is 9.31 Å². The summed E-state index contributed by atoms with van der Waals surface area (Å²) < 4.78 is 15.2. The molecule has 0 N–H and O–H groups in total. The van der Waals surface area contributed by atoms with Gasteiger partial charge >= 0.3 is 0 Å². The number of aromatic nitrogens is 3. The Kier molecular flexibility index (Phi) is 5.35. The van der Waals surface area contributed by atoms with E-state index in [0.29, 0.717) is 16.7 Å². The number of benzene rings is 3. The molecule has 6 nitrogen and oxygen atoms in total. The second-order valence-corrected chi connectivity index (χ2v) is 7.14. The lowest BCUT2D eigenvalue weighted by atomic mass is 10.2. The zero-order chi connectivity index (χ0) is 20.2. The summed E-state index contributed by atoms with van der Waals surface area (Å²) in [5, 5.41) is 20.3. The Bertz CT molecular complexity index is 1150. The minimum atomic E-state index is -0.409. The van der Waals surface area contributed by atoms with Crippen molar-refractivity contribution in [2.75, 3.05) is 0 Å². The molecule has 1 aromatic heterocycles. The highest BCUT2D eigenvalue weighted by Gasteiger charge is 2.16. The first kappa shape index (κ1) is 18.8. The average Bonchev–Trinajstić information content (AvgIpc) is 3.17. The van der Waals surface area contributed by atoms with Crippen LogP contribution in [0.1, 0.15) is 5.56 Å². The van der Waals surface area contributed by atoms with Gasteiger partial charge < -0.3 is 0 Å². The molecule has 3 aromatic carbocycles. The van der Waals surface area contributed by atoms with Crippen LogP contribution in [0.4, 0.5) is 10.1 Å². The predicted octanol–water partition coefficient (Wildman–Crippen LogP) is 5.27. The molecule has 4 rings (SSSR count). The number of hydrogen-bond donors (Lipinski definition) is 0. The van der Waals surface area contributed by atoms with E-state index in [2.05, 4.69) is 10.2 Å². The maximum Gasteiger partial charge on any atom is 0.269 e. The number of halogens is 1. The molecule has 0 atom stereocenters. The largest absolute Gasteiger partial charge is 0.270 e. The highest BCUT2D eigenvalue weighted by Crippen LogP contribution is 2.30. The van der Waals surface area contributed by atoms with Crippen LogP contribution < -0.4 is 0 Å². The van der Waals surface area contributed by atoms with Gasteiger partial charge in [0.1, 0.15) is 5.82 Å². The lowest BCUT2D eigenvalue weighted by molar-refractivity contribution is -0.384. The Morgan fingerprint density at radius 2 is 1.72 bits per heavy atom. The van der Waals surface area contributed by atoms with Gasteiger partial charge in [-0.1, -0.05) is 42.1 Å². The topological polar surface area (TPSA) is 73.8 Å². The fourth-order valence-corrected chi connectivity index (χ4v) is 3.76. The minimum absolute atomic E-state index is 0.0552. The van der Waals surface area contributed by atoms with Gasteiger partial charge in [-0.2, -0.15) is 0 Å². The molecule has 0 radical (unpaired) electrons. The quantitative estimate of drug-likeness (QED) is 0.248. The summed E-state index contributed by atoms with van der Waals surface area (Å²) in [6, 6.07) is 22.2. The van der Waals surface area contributed by atoms with Crippen LogP contribution in [0.3, 0.4) is 0 Å². The van der Waals surface area contributed by atoms with Crippen molar-refractivity contribution in [1.29, 1.82) is 0 Å². The molecule has 0 saturated carbocycles. The predicted molar refractivity (Wildman–Crippen MR) is 109 cm³/mol. The Labute approximate surface area is 170 Å². The number of non-ortho nitro benzene ring substituents is 1. The molecule has 144 valence electrons. The molecule has 8 heteroatoms. The van der Waals surface area contributed by atoms with Gasteiger partial charge in [0.2, 0.25) is 0 Å². The minimum Gasteiger partial charge on any atom is -0.270 e. The van der Waals surface area contributed by atoms with E-state index in [0.717, 1.165) is 16.8 Å². The lowest BCUT2D eigenvalue weighted by Gasteiger charge is -2.10. The van der Waals surface area contributed by atoms with Crippen LogP contribution >= 0.6 is 11.8 Å². The Balaban J connectivity index is 1.69. The van der Waals surface area contributed by atoms with Gasteiger partial charge in [-0.3, -0.25) is 14.7 Å². The number of para-hydroxylation sites is 1. The third-order valence-electron chi connectivity index (χ3n) is 4.24. The summed E-state index contributed by atoms with van der Waals surface area (Å²) in [5.74, 6) is 0.772. The highest BCUT2D eigenvalue weighted by molar-refractivity contribution is 7.98. The summed E-state index contributed by atoms with van der Waals surface area (Å²) in [5.41, 5.74) is 2.48. The van der Waals surface area contributed by atoms with E-state index in [1.807, 2.05) is 41.0 Å². The smallest absolute Gasteiger partial charge is 0.269 e. The van der Waals surface area contributed by atoms with E-state index in [9.17, 15) is 14.5 Å². The third kappa shape index (κ3) is 4.17. The summed E-state index contributed by atoms with van der Waals surface area (Å²) >= 11 is 1.43. The first-order valence-electron chi connectivity index (χ1n) is 8.75. The summed E-state index contributed by atoms with van der Waals surface area (Å²) in [4.78, 5) is 10.6. The molecule has 0 saturated heterocycles. The van der Waals surface area contributed by atoms with E-state index in [4.69, 9.17) is 0 Å². The van der Waals surface area contributed by atoms with Crippen LogP contribution in [0.15, 0.2) is 84.0 Å². The van der Waals surface area contributed by atoms with Crippen LogP contribution in [0, 0.1) is 15.9 Å². The van der Waals surface area contributed by atoms with Gasteiger partial charge in [0.25, 0.3) is 5.69 Å². The molecule has 0 aliphatic carbocycles. The zero-order valence-corrected chi connectivity index (χ0v) is 15.9. The zero-order valence-electron chi connectivity index (χ0n) is 15.1. The highest BCUT2D eigenvalue weighted by atomic mass is 32.2. The number of nitrogens with zero attached hydrogens (tertiary/aromatic N) is 4. The molecule has 0 fully saturated rings. The number of rotatable bonds is 6. The van der Waals surface area contributed by atoms with E-state index < -0.39 is 4.92 Å². The number of nitro groups is 1. The van der Waals surface area contributed by atoms with Crippen molar-refractivity contribution in [1.82, 2.24) is 14.8 Å². The Morgan fingerprint density at radius 1 is 0.966 bits per heavy atom. The van der Waals surface area contributed by atoms with Gasteiger partial charge in [0.15, 0.2) is 11.0 Å². The molecule has 0 unspecified atom stereocenters. The van der Waals surface area contributed by atoms with E-state index >= 15 is 0 Å². The van der Waals surface area contributed by atoms with Gasteiger partial charge in [-0.15, -0.1) is 10.2 Å². The van der Waals surface area contributed by atoms with Crippen LogP contribution in [0.5, 0.6) is 0 Å². The molecule has 0 amide bonds. The summed E-state index contributed by atoms with van der Waals surface area (Å²) in [6.45, 7) is 0. The van der Waals surface area contributed by atoms with Crippen molar-refractivity contribution in [3.8, 4) is 17.1 Å². The van der Waals surface area contributed by atoms with E-state index in [1.165, 1.54) is 30.0 Å². The molecular formula is C21H15FN4O2S. The number of thioether (sulfide) groups is 1. The normalized spacial score (nSPS) is 10.8. The molecule has 0 spiro atoms. The average molecular weight is 406 g/mol. The maximum atomic E-state index is 13.3. The van der Waals surface area contributed by atoms with Crippen molar-refractivity contribution in [2.45, 2.75) is 10.9 Å². The standard InChI is InChI=1S/C21H15FN4O2S/c22-17-11-9-16(10-12-17)20-23-24-21(25(20)18-6-2-1-3-7-18)29-14-15-5-4-8-19(13-15)26(27)28/h1-13H,14H2. The van der Waals surface area contributed by atoms with Crippen LogP contribution in [0.25, 0.3) is 17.1 Å². The molecule has 4 aromatic rings. The molecule has 0 aliphatic heterocycles. The van der Waals surface area contributed by atoms with Gasteiger partial charge in [0, 0.05) is 29.1 Å². The fraction of sp³-hybridized carbons (Fsp3) is 0.0476. The van der Waals surface area contributed by atoms with Gasteiger partial charge in [-0.25, -0.2) is 4.39 Å². The maximum absolute atomic E-state index is 13.3. The SMILES string of the molecule is O=[N+]([O-])c1cccc(CSc2nnc(-c3ccc(F)cc3)n2-c2ccccc2)c1. The van der Waals surface area contributed by atoms with Crippen LogP contribution in [-0.2, 0) is 5.75 Å². The first-order chi connectivity index (χ1) is 14.1. The molecule has 1 heterocycles. The first-order valence-corrected chi connectivity index (χ1v) is 9.73. The van der Waals surface area contributed by atoms with Crippen molar-refractivity contribution in [3.63, 3.8) is 0 Å². The lowest BCUT2D eigenvalue weighted by Crippen LogP contribution is -1.99. The monoisotopic (exact) mass is 406 g/mol. The van der Waals surface area contributed by atoms with Crippen LogP contribution in [0.2, 0.25) is 0 Å². The molecule has 29 heavy (non-hydrogen) atoms. The molecule has 0 bridgehead atoms. The third-order valence-corrected chi connectivity index (χ3v) is 5.24. The Hall–Kier alpha value is -3.52. The van der Waals surface area contributed by atoms with Crippen LogP contribution in [-0.4, -0.2) is 19.7 Å². The summed E-state index contributed by atoms with van der Waals surface area (Å²) in [6.07, 6.45) is 0. The van der Waals surface area contributed by atoms with Gasteiger partial charge in [-0.05, 0) is 42.0 Å². The second-order valence-electron chi connectivity index (χ2n) is 6.20. The van der Waals surface area contributed by atoms with Gasteiger partial charge in [0.05, 0.1) is 4.92 Å². The van der Waals surface area contributed by atoms with E-state index in [-0.39, 0.29) is 11.5 Å². The number of hydrogen-bond acceptors (Lipinski definition) is 5. The molecular weight excluding hydrogens is 391 g/mol. The van der Waals surface area contributed by atoms with Crippen molar-refractivity contribution in [2.24, 2.45) is 0 Å².